The second kappa shape index (κ2) is 12.1. The summed E-state index contributed by atoms with van der Waals surface area (Å²) in [5.74, 6) is 3.33. The van der Waals surface area contributed by atoms with E-state index in [1.807, 2.05) is 6.20 Å². The minimum Gasteiger partial charge on any atom is -0.309 e. The SMILES string of the molecule is c1ccc2c(c1)-c1ccc(-n3c4ccccc4c4cc(-c5ccc6c(c5)c5ccccc5n6-c5c6ccccc6cc6nccnc56)ccc43)cc1C21C2CC3CC(C2)CC1C3. The van der Waals surface area contributed by atoms with Crippen molar-refractivity contribution in [1.29, 1.82) is 0 Å². The predicted molar refractivity (Wildman–Crippen MR) is 254 cm³/mol. The van der Waals surface area contributed by atoms with E-state index >= 15 is 0 Å². The number of aromatic nitrogens is 4. The quantitative estimate of drug-likeness (QED) is 0.167. The zero-order valence-electron chi connectivity index (χ0n) is 34.3. The molecule has 3 aromatic heterocycles. The Bertz CT molecular complexity index is 3650. The summed E-state index contributed by atoms with van der Waals surface area (Å²) in [7, 11) is 0. The maximum Gasteiger partial charge on any atom is 0.113 e. The van der Waals surface area contributed by atoms with Crippen molar-refractivity contribution in [2.45, 2.75) is 37.5 Å². The first-order valence-electron chi connectivity index (χ1n) is 22.6. The molecule has 8 aromatic carbocycles. The van der Waals surface area contributed by atoms with Crippen LogP contribution in [0.1, 0.15) is 43.2 Å². The van der Waals surface area contributed by atoms with Crippen LogP contribution in [-0.2, 0) is 5.41 Å². The van der Waals surface area contributed by atoms with E-state index in [4.69, 9.17) is 9.97 Å². The molecule has 4 saturated carbocycles. The summed E-state index contributed by atoms with van der Waals surface area (Å²) in [5, 5.41) is 7.35. The summed E-state index contributed by atoms with van der Waals surface area (Å²) in [6.07, 6.45) is 10.6. The second-order valence-corrected chi connectivity index (χ2v) is 19.0. The lowest BCUT2D eigenvalue weighted by Crippen LogP contribution is -2.55. The highest BCUT2D eigenvalue weighted by Crippen LogP contribution is 2.69. The normalized spacial score (nSPS) is 22.3. The minimum absolute atomic E-state index is 0.136. The number of hydrogen-bond donors (Lipinski definition) is 0. The summed E-state index contributed by atoms with van der Waals surface area (Å²) in [4.78, 5) is 9.69. The Kier molecular flexibility index (Phi) is 6.55. The van der Waals surface area contributed by atoms with Crippen LogP contribution >= 0.6 is 0 Å². The van der Waals surface area contributed by atoms with Crippen LogP contribution in [-0.4, -0.2) is 19.1 Å². The Morgan fingerprint density at radius 2 is 1.02 bits per heavy atom. The zero-order valence-corrected chi connectivity index (χ0v) is 34.3. The highest BCUT2D eigenvalue weighted by molar-refractivity contribution is 6.15. The monoisotopic (exact) mass is 794 g/mol. The van der Waals surface area contributed by atoms with Gasteiger partial charge in [-0.2, -0.15) is 0 Å². The van der Waals surface area contributed by atoms with E-state index < -0.39 is 0 Å². The fourth-order valence-electron chi connectivity index (χ4n) is 14.1. The van der Waals surface area contributed by atoms with Crippen molar-refractivity contribution in [2.75, 3.05) is 0 Å². The van der Waals surface area contributed by atoms with Crippen molar-refractivity contribution >= 4 is 65.4 Å². The van der Waals surface area contributed by atoms with Gasteiger partial charge in [0.2, 0.25) is 0 Å². The maximum absolute atomic E-state index is 4.92. The van der Waals surface area contributed by atoms with Gasteiger partial charge < -0.3 is 9.13 Å². The molecular formula is C58H42N4. The molecule has 0 aliphatic heterocycles. The van der Waals surface area contributed by atoms with E-state index in [1.54, 1.807) is 17.3 Å². The zero-order chi connectivity index (χ0) is 40.3. The molecule has 0 unspecified atom stereocenters. The van der Waals surface area contributed by atoms with Gasteiger partial charge in [0.15, 0.2) is 0 Å². The van der Waals surface area contributed by atoms with Gasteiger partial charge in [0.05, 0.1) is 33.3 Å². The van der Waals surface area contributed by atoms with Gasteiger partial charge in [0, 0.05) is 50.4 Å². The molecule has 1 spiro atoms. The van der Waals surface area contributed by atoms with Gasteiger partial charge in [0.25, 0.3) is 0 Å². The highest BCUT2D eigenvalue weighted by atomic mass is 15.0. The Hall–Kier alpha value is -7.04. The molecule has 4 bridgehead atoms. The Balaban J connectivity index is 0.908. The van der Waals surface area contributed by atoms with E-state index in [-0.39, 0.29) is 5.41 Å². The number of nitrogens with zero attached hydrogens (tertiary/aromatic N) is 4. The molecule has 0 saturated heterocycles. The molecule has 4 heteroatoms. The third kappa shape index (κ3) is 4.27. The van der Waals surface area contributed by atoms with Crippen molar-refractivity contribution in [2.24, 2.45) is 23.7 Å². The van der Waals surface area contributed by atoms with E-state index in [0.717, 1.165) is 62.2 Å². The molecule has 5 aliphatic carbocycles. The third-order valence-corrected chi connectivity index (χ3v) is 16.2. The molecular weight excluding hydrogens is 753 g/mol. The Morgan fingerprint density at radius 1 is 0.435 bits per heavy atom. The van der Waals surface area contributed by atoms with Gasteiger partial charge in [-0.25, -0.2) is 0 Å². The molecule has 11 aromatic rings. The molecule has 294 valence electrons. The van der Waals surface area contributed by atoms with Gasteiger partial charge in [-0.3, -0.25) is 9.97 Å². The van der Waals surface area contributed by atoms with Crippen LogP contribution < -0.4 is 0 Å². The third-order valence-electron chi connectivity index (χ3n) is 16.2. The van der Waals surface area contributed by atoms with Crippen LogP contribution in [0.5, 0.6) is 0 Å². The lowest BCUT2D eigenvalue weighted by Gasteiger charge is -2.61. The van der Waals surface area contributed by atoms with Crippen molar-refractivity contribution in [3.05, 3.63) is 181 Å². The molecule has 0 atom stereocenters. The molecule has 5 aliphatic rings. The summed E-state index contributed by atoms with van der Waals surface area (Å²) in [6.45, 7) is 0. The maximum atomic E-state index is 4.92. The molecule has 4 fully saturated rings. The first-order valence-corrected chi connectivity index (χ1v) is 22.6. The van der Waals surface area contributed by atoms with Crippen LogP contribution in [0.15, 0.2) is 170 Å². The molecule has 0 radical (unpaired) electrons. The van der Waals surface area contributed by atoms with Crippen LogP contribution in [0.3, 0.4) is 0 Å². The predicted octanol–water partition coefficient (Wildman–Crippen LogP) is 14.4. The summed E-state index contributed by atoms with van der Waals surface area (Å²) < 4.78 is 4.96. The average Bonchev–Trinajstić information content (AvgIpc) is 3.93. The second-order valence-electron chi connectivity index (χ2n) is 19.0. The van der Waals surface area contributed by atoms with Crippen LogP contribution in [0.4, 0.5) is 0 Å². The lowest BCUT2D eigenvalue weighted by atomic mass is 9.43. The molecule has 0 N–H and O–H groups in total. The van der Waals surface area contributed by atoms with Gasteiger partial charge in [0.1, 0.15) is 5.52 Å². The topological polar surface area (TPSA) is 35.6 Å². The largest absolute Gasteiger partial charge is 0.309 e. The van der Waals surface area contributed by atoms with E-state index in [1.165, 1.54) is 92.6 Å². The minimum atomic E-state index is 0.136. The number of para-hydroxylation sites is 2. The number of hydrogen-bond acceptors (Lipinski definition) is 2. The number of fused-ring (bicyclic) bond motifs is 11. The van der Waals surface area contributed by atoms with Crippen molar-refractivity contribution < 1.29 is 0 Å². The van der Waals surface area contributed by atoms with Crippen LogP contribution in [0.2, 0.25) is 0 Å². The molecule has 16 rings (SSSR count). The van der Waals surface area contributed by atoms with E-state index in [9.17, 15) is 0 Å². The van der Waals surface area contributed by atoms with E-state index in [0.29, 0.717) is 0 Å². The smallest absolute Gasteiger partial charge is 0.113 e. The van der Waals surface area contributed by atoms with Gasteiger partial charge in [-0.05, 0) is 149 Å². The van der Waals surface area contributed by atoms with Crippen molar-refractivity contribution in [1.82, 2.24) is 19.1 Å². The lowest BCUT2D eigenvalue weighted by molar-refractivity contribution is -0.0399. The summed E-state index contributed by atoms with van der Waals surface area (Å²) in [6, 6.07) is 59.7. The molecule has 3 heterocycles. The van der Waals surface area contributed by atoms with Crippen molar-refractivity contribution in [3.8, 4) is 33.6 Å². The number of benzene rings is 8. The molecule has 0 amide bonds. The first kappa shape index (κ1) is 33.7. The van der Waals surface area contributed by atoms with Gasteiger partial charge >= 0.3 is 0 Å². The average molecular weight is 795 g/mol. The van der Waals surface area contributed by atoms with Crippen molar-refractivity contribution in [3.63, 3.8) is 0 Å². The molecule has 4 nitrogen and oxygen atoms in total. The summed E-state index contributed by atoms with van der Waals surface area (Å²) in [5.41, 5.74) is 17.7. The standard InChI is InChI=1S/C58H42N4/c1-2-10-42-38(9-1)32-51-56(60-24-23-59-51)57(42)62-53-16-8-5-13-46(53)48-31-37(18-22-55(48)62)36-17-21-54-47(30-36)45-12-4-7-15-52(45)61(54)41-19-20-44-43-11-3-6-14-49(43)58(50(44)33-41)39-26-34-25-35(28-39)29-40(58)27-34/h1-24,30-35,39-40H,25-29H2. The van der Waals surface area contributed by atoms with Gasteiger partial charge in [-0.15, -0.1) is 0 Å². The number of rotatable bonds is 3. The van der Waals surface area contributed by atoms with Crippen LogP contribution in [0.25, 0.3) is 99.0 Å². The van der Waals surface area contributed by atoms with Crippen LogP contribution in [0, 0.1) is 23.7 Å². The highest BCUT2D eigenvalue weighted by Gasteiger charge is 2.61. The molecule has 62 heavy (non-hydrogen) atoms. The fraction of sp³-hybridized carbons (Fsp3) is 0.172. The van der Waals surface area contributed by atoms with E-state index in [2.05, 4.69) is 167 Å². The summed E-state index contributed by atoms with van der Waals surface area (Å²) >= 11 is 0. The Labute approximate surface area is 359 Å². The first-order chi connectivity index (χ1) is 30.7. The fourth-order valence-corrected chi connectivity index (χ4v) is 14.1. The van der Waals surface area contributed by atoms with Gasteiger partial charge in [-0.1, -0.05) is 103 Å². The Morgan fingerprint density at radius 3 is 1.76 bits per heavy atom.